The Balaban J connectivity index is 1.59. The first-order chi connectivity index (χ1) is 9.75. The summed E-state index contributed by atoms with van der Waals surface area (Å²) in [7, 11) is 0. The minimum atomic E-state index is 0.0695. The lowest BCUT2D eigenvalue weighted by Gasteiger charge is -2.37. The summed E-state index contributed by atoms with van der Waals surface area (Å²) in [5, 5.41) is 3.30. The van der Waals surface area contributed by atoms with Gasteiger partial charge in [-0.05, 0) is 37.9 Å². The van der Waals surface area contributed by atoms with E-state index in [9.17, 15) is 4.79 Å². The quantitative estimate of drug-likeness (QED) is 0.884. The molecule has 0 spiro atoms. The molecule has 2 fully saturated rings. The first kappa shape index (κ1) is 13.4. The number of hydrogen-bond acceptors (Lipinski definition) is 3. The molecule has 4 heteroatoms. The number of piperazine rings is 1. The molecule has 1 atom stereocenters. The molecule has 3 rings (SSSR count). The van der Waals surface area contributed by atoms with Crippen molar-refractivity contribution in [1.29, 1.82) is 0 Å². The molecule has 1 N–H and O–H groups in total. The van der Waals surface area contributed by atoms with E-state index in [1.807, 2.05) is 4.90 Å². The van der Waals surface area contributed by atoms with Crippen molar-refractivity contribution < 1.29 is 4.79 Å². The summed E-state index contributed by atoms with van der Waals surface area (Å²) in [5.41, 5.74) is 2.61. The fourth-order valence-corrected chi connectivity index (χ4v) is 3.20. The van der Waals surface area contributed by atoms with Crippen molar-refractivity contribution in [3.05, 3.63) is 29.8 Å². The Kier molecular flexibility index (Phi) is 3.92. The van der Waals surface area contributed by atoms with Gasteiger partial charge in [-0.15, -0.1) is 0 Å². The highest BCUT2D eigenvalue weighted by molar-refractivity contribution is 5.82. The Hall–Kier alpha value is -1.55. The second-order valence-electron chi connectivity index (χ2n) is 5.75. The molecule has 0 saturated carbocycles. The zero-order valence-corrected chi connectivity index (χ0v) is 12.1. The minimum absolute atomic E-state index is 0.0695. The molecule has 2 saturated heterocycles. The number of amides is 1. The van der Waals surface area contributed by atoms with Gasteiger partial charge in [0.2, 0.25) is 5.91 Å². The van der Waals surface area contributed by atoms with Gasteiger partial charge >= 0.3 is 0 Å². The maximum Gasteiger partial charge on any atom is 0.239 e. The summed E-state index contributed by atoms with van der Waals surface area (Å²) in [6.07, 6.45) is 2.12. The topological polar surface area (TPSA) is 35.6 Å². The van der Waals surface area contributed by atoms with Crippen LogP contribution in [-0.4, -0.2) is 49.6 Å². The van der Waals surface area contributed by atoms with Crippen LogP contribution in [-0.2, 0) is 4.79 Å². The van der Waals surface area contributed by atoms with Gasteiger partial charge < -0.3 is 15.1 Å². The Labute approximate surface area is 120 Å². The monoisotopic (exact) mass is 273 g/mol. The molecule has 4 nitrogen and oxygen atoms in total. The van der Waals surface area contributed by atoms with Crippen molar-refractivity contribution in [2.45, 2.75) is 25.8 Å². The summed E-state index contributed by atoms with van der Waals surface area (Å²) in [5.74, 6) is 0.298. The molecule has 0 radical (unpaired) electrons. The molecule has 0 aromatic heterocycles. The SMILES string of the molecule is Cc1ccccc1N1CCN(C(=O)C2CCCN2)CC1. The summed E-state index contributed by atoms with van der Waals surface area (Å²) >= 11 is 0. The molecule has 2 aliphatic rings. The van der Waals surface area contributed by atoms with Crippen LogP contribution >= 0.6 is 0 Å². The number of rotatable bonds is 2. The Morgan fingerprint density at radius 3 is 2.60 bits per heavy atom. The van der Waals surface area contributed by atoms with E-state index in [-0.39, 0.29) is 6.04 Å². The second-order valence-corrected chi connectivity index (χ2v) is 5.75. The largest absolute Gasteiger partial charge is 0.368 e. The maximum atomic E-state index is 12.4. The third kappa shape index (κ3) is 2.66. The van der Waals surface area contributed by atoms with E-state index in [0.29, 0.717) is 5.91 Å². The average Bonchev–Trinajstić information content (AvgIpc) is 3.01. The first-order valence-electron chi connectivity index (χ1n) is 7.58. The van der Waals surface area contributed by atoms with Crippen LogP contribution in [0.2, 0.25) is 0 Å². The highest BCUT2D eigenvalue weighted by atomic mass is 16.2. The van der Waals surface area contributed by atoms with E-state index in [4.69, 9.17) is 0 Å². The fraction of sp³-hybridized carbons (Fsp3) is 0.562. The van der Waals surface area contributed by atoms with Crippen LogP contribution in [0.15, 0.2) is 24.3 Å². The molecule has 20 heavy (non-hydrogen) atoms. The molecule has 2 heterocycles. The van der Waals surface area contributed by atoms with E-state index in [0.717, 1.165) is 45.6 Å². The van der Waals surface area contributed by atoms with Gasteiger partial charge in [0.15, 0.2) is 0 Å². The number of benzene rings is 1. The molecule has 0 bridgehead atoms. The average molecular weight is 273 g/mol. The minimum Gasteiger partial charge on any atom is -0.368 e. The molecular weight excluding hydrogens is 250 g/mol. The first-order valence-corrected chi connectivity index (χ1v) is 7.58. The number of hydrogen-bond donors (Lipinski definition) is 1. The lowest BCUT2D eigenvalue weighted by molar-refractivity contribution is -0.133. The lowest BCUT2D eigenvalue weighted by Crippen LogP contribution is -2.53. The van der Waals surface area contributed by atoms with Gasteiger partial charge in [-0.1, -0.05) is 18.2 Å². The van der Waals surface area contributed by atoms with Crippen molar-refractivity contribution in [2.24, 2.45) is 0 Å². The third-order valence-electron chi connectivity index (χ3n) is 4.41. The molecule has 1 unspecified atom stereocenters. The number of anilines is 1. The predicted molar refractivity (Wildman–Crippen MR) is 81.0 cm³/mol. The van der Waals surface area contributed by atoms with Crippen molar-refractivity contribution in [1.82, 2.24) is 10.2 Å². The van der Waals surface area contributed by atoms with Gasteiger partial charge in [0.05, 0.1) is 6.04 Å². The number of aryl methyl sites for hydroxylation is 1. The van der Waals surface area contributed by atoms with E-state index in [2.05, 4.69) is 41.4 Å². The van der Waals surface area contributed by atoms with Gasteiger partial charge in [0.1, 0.15) is 0 Å². The van der Waals surface area contributed by atoms with E-state index in [1.54, 1.807) is 0 Å². The van der Waals surface area contributed by atoms with Gasteiger partial charge in [0.25, 0.3) is 0 Å². The predicted octanol–water partition coefficient (Wildman–Crippen LogP) is 1.40. The maximum absolute atomic E-state index is 12.4. The Bertz CT molecular complexity index is 474. The smallest absolute Gasteiger partial charge is 0.239 e. The number of para-hydroxylation sites is 1. The molecular formula is C16H23N3O. The lowest BCUT2D eigenvalue weighted by atomic mass is 10.1. The van der Waals surface area contributed by atoms with Crippen LogP contribution < -0.4 is 10.2 Å². The van der Waals surface area contributed by atoms with Gasteiger partial charge in [0, 0.05) is 31.9 Å². The summed E-state index contributed by atoms with van der Waals surface area (Å²) in [6.45, 7) is 6.68. The molecule has 1 aromatic carbocycles. The molecule has 1 aromatic rings. The summed E-state index contributed by atoms with van der Waals surface area (Å²) < 4.78 is 0. The van der Waals surface area contributed by atoms with Gasteiger partial charge in [-0.25, -0.2) is 0 Å². The van der Waals surface area contributed by atoms with E-state index in [1.165, 1.54) is 11.3 Å². The number of carbonyl (C=O) groups is 1. The molecule has 108 valence electrons. The normalized spacial score (nSPS) is 23.1. The van der Waals surface area contributed by atoms with Crippen LogP contribution in [0.25, 0.3) is 0 Å². The molecule has 0 aliphatic carbocycles. The number of nitrogens with zero attached hydrogens (tertiary/aromatic N) is 2. The third-order valence-corrected chi connectivity index (χ3v) is 4.41. The highest BCUT2D eigenvalue weighted by Gasteiger charge is 2.29. The summed E-state index contributed by atoms with van der Waals surface area (Å²) in [4.78, 5) is 16.8. The molecule has 2 aliphatic heterocycles. The van der Waals surface area contributed by atoms with Crippen molar-refractivity contribution in [3.63, 3.8) is 0 Å². The van der Waals surface area contributed by atoms with Crippen LogP contribution in [0.1, 0.15) is 18.4 Å². The van der Waals surface area contributed by atoms with Crippen LogP contribution in [0.4, 0.5) is 5.69 Å². The number of nitrogens with one attached hydrogen (secondary N) is 1. The standard InChI is InChI=1S/C16H23N3O/c1-13-5-2-3-7-15(13)18-9-11-19(12-10-18)16(20)14-6-4-8-17-14/h2-3,5,7,14,17H,4,6,8-12H2,1H3. The zero-order valence-electron chi connectivity index (χ0n) is 12.1. The van der Waals surface area contributed by atoms with Gasteiger partial charge in [-0.2, -0.15) is 0 Å². The zero-order chi connectivity index (χ0) is 13.9. The fourth-order valence-electron chi connectivity index (χ4n) is 3.20. The number of carbonyl (C=O) groups excluding carboxylic acids is 1. The Morgan fingerprint density at radius 1 is 1.20 bits per heavy atom. The van der Waals surface area contributed by atoms with Crippen molar-refractivity contribution in [3.8, 4) is 0 Å². The van der Waals surface area contributed by atoms with E-state index < -0.39 is 0 Å². The van der Waals surface area contributed by atoms with Crippen LogP contribution in [0, 0.1) is 6.92 Å². The van der Waals surface area contributed by atoms with E-state index >= 15 is 0 Å². The van der Waals surface area contributed by atoms with Crippen molar-refractivity contribution in [2.75, 3.05) is 37.6 Å². The highest BCUT2D eigenvalue weighted by Crippen LogP contribution is 2.21. The Morgan fingerprint density at radius 2 is 1.95 bits per heavy atom. The van der Waals surface area contributed by atoms with Crippen molar-refractivity contribution >= 4 is 11.6 Å². The van der Waals surface area contributed by atoms with Crippen LogP contribution in [0.3, 0.4) is 0 Å². The van der Waals surface area contributed by atoms with Crippen LogP contribution in [0.5, 0.6) is 0 Å². The summed E-state index contributed by atoms with van der Waals surface area (Å²) in [6, 6.07) is 8.55. The van der Waals surface area contributed by atoms with Gasteiger partial charge in [-0.3, -0.25) is 4.79 Å². The molecule has 1 amide bonds. The second kappa shape index (κ2) is 5.83.